The van der Waals surface area contributed by atoms with Crippen LogP contribution < -0.4 is 0 Å². The smallest absolute Gasteiger partial charge is 0.449 e. The SMILES string of the molecule is Cc1cc(C(=O)COC(=O)Cn2c(C(F)(F)F)nc3ccccc32)c(C)n1CC1CCCO1. The van der Waals surface area contributed by atoms with Crippen LogP contribution in [0.25, 0.3) is 11.0 Å². The molecule has 4 rings (SSSR count). The monoisotopic (exact) mass is 463 g/mol. The summed E-state index contributed by atoms with van der Waals surface area (Å²) in [6, 6.07) is 7.72. The topological polar surface area (TPSA) is 75.4 Å². The first-order chi connectivity index (χ1) is 15.6. The molecule has 33 heavy (non-hydrogen) atoms. The summed E-state index contributed by atoms with van der Waals surface area (Å²) < 4.78 is 53.7. The zero-order valence-corrected chi connectivity index (χ0v) is 18.3. The molecule has 0 saturated carbocycles. The van der Waals surface area contributed by atoms with Crippen molar-refractivity contribution in [2.75, 3.05) is 13.2 Å². The van der Waals surface area contributed by atoms with Crippen LogP contribution in [0, 0.1) is 13.8 Å². The van der Waals surface area contributed by atoms with E-state index in [1.54, 1.807) is 18.2 Å². The van der Waals surface area contributed by atoms with Crippen molar-refractivity contribution in [2.24, 2.45) is 0 Å². The number of Topliss-reactive ketones (excluding diaryl/α,β-unsaturated/α-hetero) is 1. The summed E-state index contributed by atoms with van der Waals surface area (Å²) in [5.41, 5.74) is 2.32. The number of fused-ring (bicyclic) bond motifs is 1. The summed E-state index contributed by atoms with van der Waals surface area (Å²) in [5.74, 6) is -2.56. The Morgan fingerprint density at radius 1 is 1.21 bits per heavy atom. The van der Waals surface area contributed by atoms with Gasteiger partial charge in [0.25, 0.3) is 0 Å². The second kappa shape index (κ2) is 9.01. The molecular weight excluding hydrogens is 439 g/mol. The van der Waals surface area contributed by atoms with Gasteiger partial charge in [0.15, 0.2) is 6.61 Å². The minimum Gasteiger partial charge on any atom is -0.456 e. The number of ketones is 1. The lowest BCUT2D eigenvalue weighted by molar-refractivity contribution is -0.150. The van der Waals surface area contributed by atoms with Gasteiger partial charge in [-0.2, -0.15) is 13.2 Å². The zero-order valence-electron chi connectivity index (χ0n) is 18.3. The van der Waals surface area contributed by atoms with Crippen LogP contribution in [-0.4, -0.2) is 45.2 Å². The average molecular weight is 463 g/mol. The third-order valence-electron chi connectivity index (χ3n) is 5.84. The minimum absolute atomic E-state index is 0.100. The fraction of sp³-hybridized carbons (Fsp3) is 0.435. The van der Waals surface area contributed by atoms with Crippen molar-refractivity contribution in [3.63, 3.8) is 0 Å². The third-order valence-corrected chi connectivity index (χ3v) is 5.84. The maximum atomic E-state index is 13.4. The van der Waals surface area contributed by atoms with E-state index in [2.05, 4.69) is 4.98 Å². The Bertz CT molecular complexity index is 1190. The number of nitrogens with zero attached hydrogens (tertiary/aromatic N) is 3. The predicted molar refractivity (Wildman–Crippen MR) is 113 cm³/mol. The fourth-order valence-electron chi connectivity index (χ4n) is 4.21. The molecule has 0 amide bonds. The Hall–Kier alpha value is -3.14. The molecule has 176 valence electrons. The summed E-state index contributed by atoms with van der Waals surface area (Å²) >= 11 is 0. The van der Waals surface area contributed by atoms with Crippen molar-refractivity contribution in [2.45, 2.75) is 52.1 Å². The molecule has 0 N–H and O–H groups in total. The van der Waals surface area contributed by atoms with Crippen molar-refractivity contribution in [1.82, 2.24) is 14.1 Å². The van der Waals surface area contributed by atoms with E-state index in [9.17, 15) is 22.8 Å². The van der Waals surface area contributed by atoms with Crippen LogP contribution in [0.5, 0.6) is 0 Å². The number of para-hydroxylation sites is 2. The minimum atomic E-state index is -4.74. The van der Waals surface area contributed by atoms with Gasteiger partial charge >= 0.3 is 12.1 Å². The van der Waals surface area contributed by atoms with E-state index in [4.69, 9.17) is 9.47 Å². The molecule has 0 spiro atoms. The highest BCUT2D eigenvalue weighted by atomic mass is 19.4. The molecule has 3 aromatic rings. The first kappa shape index (κ1) is 23.0. The van der Waals surface area contributed by atoms with Gasteiger partial charge in [-0.05, 0) is 44.9 Å². The third kappa shape index (κ3) is 4.80. The second-order valence-corrected chi connectivity index (χ2v) is 8.12. The Morgan fingerprint density at radius 3 is 2.67 bits per heavy atom. The Morgan fingerprint density at radius 2 is 1.97 bits per heavy atom. The number of carbonyl (C=O) groups excluding carboxylic acids is 2. The lowest BCUT2D eigenvalue weighted by Crippen LogP contribution is -2.22. The molecule has 0 aliphatic carbocycles. The Labute approximate surface area is 188 Å². The lowest BCUT2D eigenvalue weighted by Gasteiger charge is -2.15. The van der Waals surface area contributed by atoms with Crippen LogP contribution in [-0.2, 0) is 33.5 Å². The summed E-state index contributed by atoms with van der Waals surface area (Å²) in [7, 11) is 0. The standard InChI is InChI=1S/C23H24F3N3O4/c1-14-10-17(15(2)28(14)11-16-6-5-9-32-16)20(30)13-33-21(31)12-29-19-8-4-3-7-18(19)27-22(29)23(24,25)26/h3-4,7-8,10,16H,5-6,9,11-13H2,1-2H3. The van der Waals surface area contributed by atoms with Crippen LogP contribution in [0.15, 0.2) is 30.3 Å². The number of halogens is 3. The highest BCUT2D eigenvalue weighted by Gasteiger charge is 2.38. The molecular formula is C23H24F3N3O4. The number of alkyl halides is 3. The number of imidazole rings is 1. The molecule has 10 heteroatoms. The van der Waals surface area contributed by atoms with Gasteiger partial charge < -0.3 is 18.6 Å². The van der Waals surface area contributed by atoms with E-state index in [0.717, 1.165) is 35.4 Å². The van der Waals surface area contributed by atoms with Crippen LogP contribution in [0.4, 0.5) is 13.2 Å². The molecule has 3 heterocycles. The van der Waals surface area contributed by atoms with Gasteiger partial charge in [0.2, 0.25) is 11.6 Å². The van der Waals surface area contributed by atoms with E-state index in [1.807, 2.05) is 18.4 Å². The number of esters is 1. The maximum absolute atomic E-state index is 13.4. The summed E-state index contributed by atoms with van der Waals surface area (Å²) in [5, 5.41) is 0. The number of hydrogen-bond acceptors (Lipinski definition) is 5. The number of ether oxygens (including phenoxy) is 2. The molecule has 1 aliphatic rings. The maximum Gasteiger partial charge on any atom is 0.449 e. The van der Waals surface area contributed by atoms with Crippen LogP contribution in [0.2, 0.25) is 0 Å². The number of benzene rings is 1. The second-order valence-electron chi connectivity index (χ2n) is 8.12. The van der Waals surface area contributed by atoms with Gasteiger partial charge in [0.1, 0.15) is 6.54 Å². The van der Waals surface area contributed by atoms with E-state index in [0.29, 0.717) is 12.1 Å². The quantitative estimate of drug-likeness (QED) is 0.390. The van der Waals surface area contributed by atoms with Gasteiger partial charge in [-0.1, -0.05) is 12.1 Å². The van der Waals surface area contributed by atoms with Crippen molar-refractivity contribution in [1.29, 1.82) is 0 Å². The molecule has 2 aromatic heterocycles. The first-order valence-electron chi connectivity index (χ1n) is 10.6. The fourth-order valence-corrected chi connectivity index (χ4v) is 4.21. The van der Waals surface area contributed by atoms with Crippen LogP contribution >= 0.6 is 0 Å². The summed E-state index contributed by atoms with van der Waals surface area (Å²) in [6.45, 7) is 3.79. The predicted octanol–water partition coefficient (Wildman–Crippen LogP) is 4.08. The number of hydrogen-bond donors (Lipinski definition) is 0. The molecule has 1 aliphatic heterocycles. The van der Waals surface area contributed by atoms with Gasteiger partial charge in [-0.25, -0.2) is 4.98 Å². The summed E-state index contributed by atoms with van der Waals surface area (Å²) in [6.07, 6.45) is -2.67. The van der Waals surface area contributed by atoms with Crippen molar-refractivity contribution >= 4 is 22.8 Å². The first-order valence-corrected chi connectivity index (χ1v) is 10.6. The van der Waals surface area contributed by atoms with Gasteiger partial charge in [-0.3, -0.25) is 9.59 Å². The summed E-state index contributed by atoms with van der Waals surface area (Å²) in [4.78, 5) is 28.6. The molecule has 0 radical (unpaired) electrons. The largest absolute Gasteiger partial charge is 0.456 e. The average Bonchev–Trinajstić information content (AvgIpc) is 3.47. The van der Waals surface area contributed by atoms with Gasteiger partial charge in [-0.15, -0.1) is 0 Å². The molecule has 1 aromatic carbocycles. The highest BCUT2D eigenvalue weighted by Crippen LogP contribution is 2.31. The van der Waals surface area contributed by atoms with E-state index >= 15 is 0 Å². The molecule has 1 atom stereocenters. The molecule has 1 fully saturated rings. The van der Waals surface area contributed by atoms with E-state index < -0.39 is 36.9 Å². The molecule has 1 unspecified atom stereocenters. The van der Waals surface area contributed by atoms with Crippen molar-refractivity contribution in [3.8, 4) is 0 Å². The lowest BCUT2D eigenvalue weighted by atomic mass is 10.1. The number of aromatic nitrogens is 3. The van der Waals surface area contributed by atoms with Gasteiger partial charge in [0.05, 0.1) is 17.1 Å². The van der Waals surface area contributed by atoms with Crippen molar-refractivity contribution < 1.29 is 32.2 Å². The normalized spacial score (nSPS) is 16.5. The van der Waals surface area contributed by atoms with E-state index in [-0.39, 0.29) is 17.1 Å². The zero-order chi connectivity index (χ0) is 23.8. The van der Waals surface area contributed by atoms with Crippen molar-refractivity contribution in [3.05, 3.63) is 53.1 Å². The molecule has 0 bridgehead atoms. The Kier molecular flexibility index (Phi) is 6.29. The van der Waals surface area contributed by atoms with Crippen LogP contribution in [0.3, 0.4) is 0 Å². The van der Waals surface area contributed by atoms with Crippen LogP contribution in [0.1, 0.15) is 40.4 Å². The number of carbonyl (C=O) groups is 2. The molecule has 1 saturated heterocycles. The van der Waals surface area contributed by atoms with E-state index in [1.165, 1.54) is 12.1 Å². The number of rotatable bonds is 7. The Balaban J connectivity index is 1.44. The number of aryl methyl sites for hydroxylation is 1. The molecule has 7 nitrogen and oxygen atoms in total. The van der Waals surface area contributed by atoms with Gasteiger partial charge in [0, 0.05) is 30.1 Å². The highest BCUT2D eigenvalue weighted by molar-refractivity contribution is 5.99.